The number of ether oxygens (including phenoxy) is 2. The molecule has 0 spiro atoms. The molecule has 1 aliphatic heterocycles. The molecule has 1 unspecified atom stereocenters. The molecular weight excluding hydrogens is 302 g/mol. The lowest BCUT2D eigenvalue weighted by Gasteiger charge is -2.15. The number of benzene rings is 1. The SMILES string of the molecule is Cn1cc(CNc2cc(Cl)ccc2OCC2CCOC2)cn1. The summed E-state index contributed by atoms with van der Waals surface area (Å²) in [6.45, 7) is 2.97. The first kappa shape index (κ1) is 15.2. The van der Waals surface area contributed by atoms with Gasteiger partial charge in [-0.15, -0.1) is 0 Å². The monoisotopic (exact) mass is 321 g/mol. The van der Waals surface area contributed by atoms with Crippen LogP contribution in [0, 0.1) is 5.92 Å². The number of aromatic nitrogens is 2. The van der Waals surface area contributed by atoms with Gasteiger partial charge in [0.05, 0.1) is 25.1 Å². The van der Waals surface area contributed by atoms with Gasteiger partial charge in [-0.3, -0.25) is 4.68 Å². The van der Waals surface area contributed by atoms with E-state index in [1.165, 1.54) is 0 Å². The molecule has 0 radical (unpaired) electrons. The van der Waals surface area contributed by atoms with Gasteiger partial charge >= 0.3 is 0 Å². The fourth-order valence-corrected chi connectivity index (χ4v) is 2.62. The van der Waals surface area contributed by atoms with Gasteiger partial charge in [0.15, 0.2) is 0 Å². The van der Waals surface area contributed by atoms with Crippen molar-refractivity contribution in [2.45, 2.75) is 13.0 Å². The highest BCUT2D eigenvalue weighted by Crippen LogP contribution is 2.29. The van der Waals surface area contributed by atoms with E-state index in [2.05, 4.69) is 10.4 Å². The lowest BCUT2D eigenvalue weighted by atomic mass is 10.1. The van der Waals surface area contributed by atoms with Crippen molar-refractivity contribution in [3.05, 3.63) is 41.2 Å². The van der Waals surface area contributed by atoms with Gasteiger partial charge in [0.1, 0.15) is 5.75 Å². The van der Waals surface area contributed by atoms with E-state index >= 15 is 0 Å². The number of hydrogen-bond donors (Lipinski definition) is 1. The van der Waals surface area contributed by atoms with Gasteiger partial charge in [-0.1, -0.05) is 11.6 Å². The van der Waals surface area contributed by atoms with Crippen molar-refractivity contribution < 1.29 is 9.47 Å². The Kier molecular flexibility index (Phi) is 4.85. The molecular formula is C16H20ClN3O2. The quantitative estimate of drug-likeness (QED) is 0.888. The zero-order chi connectivity index (χ0) is 15.4. The second kappa shape index (κ2) is 7.03. The maximum absolute atomic E-state index is 6.10. The Morgan fingerprint density at radius 3 is 3.14 bits per heavy atom. The molecule has 1 atom stereocenters. The van der Waals surface area contributed by atoms with Crippen LogP contribution in [-0.4, -0.2) is 29.6 Å². The van der Waals surface area contributed by atoms with Crippen LogP contribution in [0.2, 0.25) is 5.02 Å². The molecule has 22 heavy (non-hydrogen) atoms. The zero-order valence-electron chi connectivity index (χ0n) is 12.6. The van der Waals surface area contributed by atoms with Gasteiger partial charge in [-0.2, -0.15) is 5.10 Å². The molecule has 5 nitrogen and oxygen atoms in total. The average Bonchev–Trinajstić information content (AvgIpc) is 3.15. The first-order chi connectivity index (χ1) is 10.7. The molecule has 1 aromatic carbocycles. The highest BCUT2D eigenvalue weighted by Gasteiger charge is 2.17. The summed E-state index contributed by atoms with van der Waals surface area (Å²) in [5.41, 5.74) is 2.01. The van der Waals surface area contributed by atoms with E-state index in [0.717, 1.165) is 36.6 Å². The molecule has 1 aromatic heterocycles. The molecule has 1 aliphatic rings. The number of halogens is 1. The molecule has 1 N–H and O–H groups in total. The minimum absolute atomic E-state index is 0.474. The summed E-state index contributed by atoms with van der Waals surface area (Å²) in [6.07, 6.45) is 4.88. The van der Waals surface area contributed by atoms with E-state index in [1.807, 2.05) is 37.6 Å². The first-order valence-electron chi connectivity index (χ1n) is 7.42. The Morgan fingerprint density at radius 1 is 1.50 bits per heavy atom. The highest BCUT2D eigenvalue weighted by molar-refractivity contribution is 6.30. The van der Waals surface area contributed by atoms with Crippen LogP contribution in [0.25, 0.3) is 0 Å². The zero-order valence-corrected chi connectivity index (χ0v) is 13.3. The van der Waals surface area contributed by atoms with Crippen LogP contribution in [0.4, 0.5) is 5.69 Å². The van der Waals surface area contributed by atoms with Crippen molar-refractivity contribution in [3.8, 4) is 5.75 Å². The lowest BCUT2D eigenvalue weighted by Crippen LogP contribution is -2.12. The Morgan fingerprint density at radius 2 is 2.41 bits per heavy atom. The molecule has 1 saturated heterocycles. The van der Waals surface area contributed by atoms with E-state index in [-0.39, 0.29) is 0 Å². The van der Waals surface area contributed by atoms with E-state index in [1.54, 1.807) is 4.68 Å². The molecule has 0 saturated carbocycles. The van der Waals surface area contributed by atoms with E-state index in [4.69, 9.17) is 21.1 Å². The smallest absolute Gasteiger partial charge is 0.142 e. The predicted octanol–water partition coefficient (Wildman–Crippen LogP) is 3.10. The molecule has 118 valence electrons. The van der Waals surface area contributed by atoms with Gasteiger partial charge in [-0.25, -0.2) is 0 Å². The Labute approximate surface area is 135 Å². The second-order valence-electron chi connectivity index (χ2n) is 5.56. The molecule has 6 heteroatoms. The number of rotatable bonds is 6. The Balaban J connectivity index is 1.64. The predicted molar refractivity (Wildman–Crippen MR) is 86.4 cm³/mol. The molecule has 0 aliphatic carbocycles. The molecule has 3 rings (SSSR count). The molecule has 2 aromatic rings. The summed E-state index contributed by atoms with van der Waals surface area (Å²) in [4.78, 5) is 0. The van der Waals surface area contributed by atoms with E-state index in [9.17, 15) is 0 Å². The fraction of sp³-hybridized carbons (Fsp3) is 0.438. The third-order valence-electron chi connectivity index (χ3n) is 3.68. The van der Waals surface area contributed by atoms with Crippen molar-refractivity contribution in [1.82, 2.24) is 9.78 Å². The summed E-state index contributed by atoms with van der Waals surface area (Å²) in [7, 11) is 1.90. The largest absolute Gasteiger partial charge is 0.491 e. The molecule has 1 fully saturated rings. The minimum Gasteiger partial charge on any atom is -0.491 e. The summed E-state index contributed by atoms with van der Waals surface area (Å²) in [6, 6.07) is 5.64. The van der Waals surface area contributed by atoms with Crippen LogP contribution >= 0.6 is 11.6 Å². The number of nitrogens with zero attached hydrogens (tertiary/aromatic N) is 2. The van der Waals surface area contributed by atoms with Crippen LogP contribution in [0.15, 0.2) is 30.6 Å². The van der Waals surface area contributed by atoms with Crippen LogP contribution < -0.4 is 10.1 Å². The standard InChI is InChI=1S/C16H20ClN3O2/c1-20-9-13(8-19-20)7-18-15-6-14(17)2-3-16(15)22-11-12-4-5-21-10-12/h2-3,6,8-9,12,18H,4-5,7,10-11H2,1H3. The normalized spacial score (nSPS) is 17.6. The van der Waals surface area contributed by atoms with E-state index in [0.29, 0.717) is 24.1 Å². The first-order valence-corrected chi connectivity index (χ1v) is 7.80. The van der Waals surface area contributed by atoms with E-state index < -0.39 is 0 Å². The summed E-state index contributed by atoms with van der Waals surface area (Å²) >= 11 is 6.10. The van der Waals surface area contributed by atoms with Crippen LogP contribution in [-0.2, 0) is 18.3 Å². The number of nitrogens with one attached hydrogen (secondary N) is 1. The van der Waals surface area contributed by atoms with Gasteiger partial charge in [-0.05, 0) is 24.6 Å². The molecule has 0 bridgehead atoms. The maximum atomic E-state index is 6.10. The fourth-order valence-electron chi connectivity index (χ4n) is 2.45. The summed E-state index contributed by atoms with van der Waals surface area (Å²) in [5, 5.41) is 8.21. The molecule has 2 heterocycles. The minimum atomic E-state index is 0.474. The van der Waals surface area contributed by atoms with Crippen molar-refractivity contribution >= 4 is 17.3 Å². The molecule has 0 amide bonds. The van der Waals surface area contributed by atoms with Gasteiger partial charge in [0.25, 0.3) is 0 Å². The summed E-state index contributed by atoms with van der Waals surface area (Å²) in [5.74, 6) is 1.29. The average molecular weight is 322 g/mol. The van der Waals surface area contributed by atoms with Crippen LogP contribution in [0.3, 0.4) is 0 Å². The third kappa shape index (κ3) is 3.93. The van der Waals surface area contributed by atoms with Gasteiger partial charge < -0.3 is 14.8 Å². The third-order valence-corrected chi connectivity index (χ3v) is 3.92. The van der Waals surface area contributed by atoms with Crippen molar-refractivity contribution in [1.29, 1.82) is 0 Å². The van der Waals surface area contributed by atoms with Crippen molar-refractivity contribution in [2.75, 3.05) is 25.1 Å². The summed E-state index contributed by atoms with van der Waals surface area (Å²) < 4.78 is 13.1. The second-order valence-corrected chi connectivity index (χ2v) is 5.99. The topological polar surface area (TPSA) is 48.3 Å². The Hall–Kier alpha value is -1.72. The van der Waals surface area contributed by atoms with Gasteiger partial charge in [0, 0.05) is 42.9 Å². The Bertz CT molecular complexity index is 624. The van der Waals surface area contributed by atoms with Gasteiger partial charge in [0.2, 0.25) is 0 Å². The number of aryl methyl sites for hydroxylation is 1. The van der Waals surface area contributed by atoms with Crippen LogP contribution in [0.5, 0.6) is 5.75 Å². The maximum Gasteiger partial charge on any atom is 0.142 e. The van der Waals surface area contributed by atoms with Crippen LogP contribution in [0.1, 0.15) is 12.0 Å². The number of hydrogen-bond acceptors (Lipinski definition) is 4. The van der Waals surface area contributed by atoms with Crippen molar-refractivity contribution in [3.63, 3.8) is 0 Å². The number of anilines is 1. The lowest BCUT2D eigenvalue weighted by molar-refractivity contribution is 0.167. The highest BCUT2D eigenvalue weighted by atomic mass is 35.5. The van der Waals surface area contributed by atoms with Crippen molar-refractivity contribution in [2.24, 2.45) is 13.0 Å².